The molecule has 1 rings (SSSR count). The molecule has 0 radical (unpaired) electrons. The molecule has 0 heterocycles. The van der Waals surface area contributed by atoms with Gasteiger partial charge in [0.05, 0.1) is 0 Å². The summed E-state index contributed by atoms with van der Waals surface area (Å²) in [7, 11) is 0. The number of benzene rings is 1. The number of esters is 1. The fourth-order valence-corrected chi connectivity index (χ4v) is 1.40. The second-order valence-electron chi connectivity index (χ2n) is 3.91. The molecule has 0 aliphatic rings. The van der Waals surface area contributed by atoms with Crippen molar-refractivity contribution < 1.29 is 36.6 Å². The Kier molecular flexibility index (Phi) is 5.87. The molecular weight excluding hydrogens is 287 g/mol. The number of carbonyl (C=O) groups excluding carboxylic acids is 1. The van der Waals surface area contributed by atoms with E-state index in [1.807, 2.05) is 0 Å². The van der Waals surface area contributed by atoms with E-state index in [0.29, 0.717) is 12.8 Å². The molecule has 0 saturated heterocycles. The van der Waals surface area contributed by atoms with Crippen molar-refractivity contribution in [1.82, 2.24) is 0 Å². The molecule has 0 amide bonds. The molecule has 0 aliphatic heterocycles. The average molecular weight is 298 g/mol. The van der Waals surface area contributed by atoms with Gasteiger partial charge in [0.25, 0.3) is 0 Å². The van der Waals surface area contributed by atoms with Crippen LogP contribution in [-0.4, -0.2) is 17.7 Å². The fourth-order valence-electron chi connectivity index (χ4n) is 1.40. The van der Waals surface area contributed by atoms with Gasteiger partial charge in [-0.3, -0.25) is 4.79 Å². The van der Waals surface area contributed by atoms with Crippen molar-refractivity contribution in [3.63, 3.8) is 0 Å². The Hall–Kier alpha value is -1.70. The monoisotopic (exact) mass is 298 g/mol. The van der Waals surface area contributed by atoms with Gasteiger partial charge in [-0.25, -0.2) is 13.2 Å². The maximum absolute atomic E-state index is 13.2. The highest BCUT2D eigenvalue weighted by molar-refractivity contribution is 5.72. The van der Waals surface area contributed by atoms with Crippen LogP contribution in [0.25, 0.3) is 0 Å². The van der Waals surface area contributed by atoms with Gasteiger partial charge < -0.3 is 9.84 Å². The van der Waals surface area contributed by atoms with Gasteiger partial charge in [-0.2, -0.15) is 8.78 Å². The van der Waals surface area contributed by atoms with E-state index in [1.54, 1.807) is 0 Å². The van der Waals surface area contributed by atoms with Crippen LogP contribution >= 0.6 is 0 Å². The number of aliphatic hydroxyl groups excluding tert-OH is 1. The summed E-state index contributed by atoms with van der Waals surface area (Å²) in [6, 6.07) is 0. The molecule has 0 saturated carbocycles. The number of hydrogen-bond acceptors (Lipinski definition) is 3. The molecule has 112 valence electrons. The zero-order chi connectivity index (χ0) is 15.3. The highest BCUT2D eigenvalue weighted by atomic mass is 19.2. The van der Waals surface area contributed by atoms with Crippen LogP contribution in [0.1, 0.15) is 25.7 Å². The smallest absolute Gasteiger partial charge is 0.311 e. The number of unbranched alkanes of at least 4 members (excludes halogenated alkanes) is 2. The third-order valence-electron chi connectivity index (χ3n) is 2.42. The van der Waals surface area contributed by atoms with Gasteiger partial charge in [0, 0.05) is 13.0 Å². The molecule has 0 aromatic heterocycles. The van der Waals surface area contributed by atoms with Crippen LogP contribution in [0.2, 0.25) is 0 Å². The first kappa shape index (κ1) is 16.4. The Morgan fingerprint density at radius 1 is 0.850 bits per heavy atom. The summed E-state index contributed by atoms with van der Waals surface area (Å²) in [4.78, 5) is 11.2. The van der Waals surface area contributed by atoms with Crippen molar-refractivity contribution in [2.45, 2.75) is 25.7 Å². The van der Waals surface area contributed by atoms with Crippen molar-refractivity contribution in [3.05, 3.63) is 29.1 Å². The second kappa shape index (κ2) is 7.18. The number of carbonyl (C=O) groups is 1. The van der Waals surface area contributed by atoms with Crippen molar-refractivity contribution >= 4 is 5.97 Å². The minimum Gasteiger partial charge on any atom is -0.420 e. The lowest BCUT2D eigenvalue weighted by Crippen LogP contribution is -2.13. The zero-order valence-corrected chi connectivity index (χ0v) is 10.2. The van der Waals surface area contributed by atoms with Gasteiger partial charge in [0.15, 0.2) is 0 Å². The average Bonchev–Trinajstić information content (AvgIpc) is 2.44. The summed E-state index contributed by atoms with van der Waals surface area (Å²) in [5.74, 6) is -13.8. The van der Waals surface area contributed by atoms with Crippen LogP contribution in [0.5, 0.6) is 5.75 Å². The maximum atomic E-state index is 13.2. The molecule has 0 spiro atoms. The molecule has 3 nitrogen and oxygen atoms in total. The van der Waals surface area contributed by atoms with E-state index in [4.69, 9.17) is 5.11 Å². The number of aliphatic hydroxyl groups is 1. The highest BCUT2D eigenvalue weighted by Gasteiger charge is 2.28. The van der Waals surface area contributed by atoms with Crippen LogP contribution in [-0.2, 0) is 4.79 Å². The summed E-state index contributed by atoms with van der Waals surface area (Å²) >= 11 is 0. The summed E-state index contributed by atoms with van der Waals surface area (Å²) < 4.78 is 68.9. The molecule has 0 aliphatic carbocycles. The van der Waals surface area contributed by atoms with Gasteiger partial charge in [0.1, 0.15) is 0 Å². The first-order valence-corrected chi connectivity index (χ1v) is 5.73. The first-order valence-electron chi connectivity index (χ1n) is 5.73. The van der Waals surface area contributed by atoms with Gasteiger partial charge in [-0.1, -0.05) is 6.42 Å². The fraction of sp³-hybridized carbons (Fsp3) is 0.417. The van der Waals surface area contributed by atoms with Gasteiger partial charge in [-0.05, 0) is 12.8 Å². The van der Waals surface area contributed by atoms with E-state index in [-0.39, 0.29) is 19.4 Å². The zero-order valence-electron chi connectivity index (χ0n) is 10.2. The Bertz CT molecular complexity index is 475. The standard InChI is InChI=1S/C12H11F5O3/c13-7-8(14)10(16)12(11(17)9(7)15)20-6(19)4-2-1-3-5-18/h18H,1-5H2. The summed E-state index contributed by atoms with van der Waals surface area (Å²) in [6.45, 7) is -0.0767. The van der Waals surface area contributed by atoms with Crippen molar-refractivity contribution in [2.75, 3.05) is 6.61 Å². The molecule has 1 aromatic rings. The van der Waals surface area contributed by atoms with E-state index in [9.17, 15) is 26.7 Å². The minimum atomic E-state index is -2.32. The second-order valence-corrected chi connectivity index (χ2v) is 3.91. The molecule has 0 bridgehead atoms. The predicted molar refractivity (Wildman–Crippen MR) is 57.4 cm³/mol. The van der Waals surface area contributed by atoms with E-state index >= 15 is 0 Å². The van der Waals surface area contributed by atoms with Crippen LogP contribution < -0.4 is 4.74 Å². The number of rotatable bonds is 6. The van der Waals surface area contributed by atoms with E-state index < -0.39 is 40.8 Å². The quantitative estimate of drug-likeness (QED) is 0.219. The topological polar surface area (TPSA) is 46.5 Å². The molecule has 0 fully saturated rings. The SMILES string of the molecule is O=C(CCCCCO)Oc1c(F)c(F)c(F)c(F)c1F. The summed E-state index contributed by atoms with van der Waals surface area (Å²) in [5, 5.41) is 8.49. The normalized spacial score (nSPS) is 10.7. The lowest BCUT2D eigenvalue weighted by atomic mass is 10.2. The van der Waals surface area contributed by atoms with Crippen LogP contribution in [0.4, 0.5) is 22.0 Å². The highest BCUT2D eigenvalue weighted by Crippen LogP contribution is 2.29. The third-order valence-corrected chi connectivity index (χ3v) is 2.42. The van der Waals surface area contributed by atoms with E-state index in [1.165, 1.54) is 0 Å². The summed E-state index contributed by atoms with van der Waals surface area (Å²) in [6.07, 6.45) is 0.882. The molecule has 1 aromatic carbocycles. The third kappa shape index (κ3) is 3.66. The number of ether oxygens (including phenoxy) is 1. The minimum absolute atomic E-state index is 0.0767. The van der Waals surface area contributed by atoms with Crippen molar-refractivity contribution in [3.8, 4) is 5.75 Å². The number of hydrogen-bond donors (Lipinski definition) is 1. The van der Waals surface area contributed by atoms with Crippen molar-refractivity contribution in [1.29, 1.82) is 0 Å². The maximum Gasteiger partial charge on any atom is 0.311 e. The molecule has 1 N–H and O–H groups in total. The van der Waals surface area contributed by atoms with Crippen LogP contribution in [0.3, 0.4) is 0 Å². The molecule has 8 heteroatoms. The summed E-state index contributed by atoms with van der Waals surface area (Å²) in [5.41, 5.74) is 0. The predicted octanol–water partition coefficient (Wildman–Crippen LogP) is 2.84. The number of halogens is 5. The Morgan fingerprint density at radius 2 is 1.35 bits per heavy atom. The van der Waals surface area contributed by atoms with Gasteiger partial charge in [0.2, 0.25) is 34.8 Å². The van der Waals surface area contributed by atoms with Crippen molar-refractivity contribution in [2.24, 2.45) is 0 Å². The van der Waals surface area contributed by atoms with Crippen LogP contribution in [0.15, 0.2) is 0 Å². The first-order chi connectivity index (χ1) is 9.40. The van der Waals surface area contributed by atoms with E-state index in [0.717, 1.165) is 0 Å². The molecule has 0 unspecified atom stereocenters. The van der Waals surface area contributed by atoms with Crippen LogP contribution in [0, 0.1) is 29.1 Å². The molecule has 20 heavy (non-hydrogen) atoms. The van der Waals surface area contributed by atoms with E-state index in [2.05, 4.69) is 4.74 Å². The lowest BCUT2D eigenvalue weighted by Gasteiger charge is -2.08. The van der Waals surface area contributed by atoms with Gasteiger partial charge in [-0.15, -0.1) is 0 Å². The van der Waals surface area contributed by atoms with Gasteiger partial charge >= 0.3 is 5.97 Å². The molecular formula is C12H11F5O3. The Labute approximate surface area is 111 Å². The lowest BCUT2D eigenvalue weighted by molar-refractivity contribution is -0.135. The Morgan fingerprint density at radius 3 is 1.85 bits per heavy atom. The largest absolute Gasteiger partial charge is 0.420 e. The molecule has 0 atom stereocenters. The Balaban J connectivity index is 2.80.